The Kier molecular flexibility index (Phi) is 2.50. The van der Waals surface area contributed by atoms with E-state index in [1.165, 1.54) is 9.71 Å². The first-order valence-corrected chi connectivity index (χ1v) is 6.59. The molecule has 0 unspecified atom stereocenters. The molecule has 0 N–H and O–H groups in total. The highest BCUT2D eigenvalue weighted by Gasteiger charge is 2.24. The number of fused-ring (bicyclic) bond motifs is 1. The van der Waals surface area contributed by atoms with E-state index in [0.717, 1.165) is 11.3 Å². The lowest BCUT2D eigenvalue weighted by Crippen LogP contribution is -2.27. The zero-order valence-electron chi connectivity index (χ0n) is 9.51. The molecule has 0 spiro atoms. The summed E-state index contributed by atoms with van der Waals surface area (Å²) in [4.78, 5) is 4.30. The highest BCUT2D eigenvalue weighted by Crippen LogP contribution is 2.32. The van der Waals surface area contributed by atoms with Crippen LogP contribution in [0.15, 0.2) is 17.7 Å². The average Bonchev–Trinajstić information content (AvgIpc) is 2.23. The van der Waals surface area contributed by atoms with Crippen molar-refractivity contribution in [2.24, 2.45) is 0 Å². The topological polar surface area (TPSA) is 50.3 Å². The number of hydrogen-bond acceptors (Lipinski definition) is 3. The van der Waals surface area contributed by atoms with E-state index in [4.69, 9.17) is 0 Å². The van der Waals surface area contributed by atoms with E-state index in [1.54, 1.807) is 25.4 Å². The van der Waals surface area contributed by atoms with Gasteiger partial charge < -0.3 is 0 Å². The first-order valence-electron chi connectivity index (χ1n) is 5.09. The summed E-state index contributed by atoms with van der Waals surface area (Å²) in [6.07, 6.45) is 3.28. The minimum atomic E-state index is -3.29. The molecule has 1 aromatic rings. The molecule has 0 saturated heterocycles. The van der Waals surface area contributed by atoms with Crippen LogP contribution in [0.5, 0.6) is 0 Å². The fourth-order valence-electron chi connectivity index (χ4n) is 1.77. The Balaban J connectivity index is 2.68. The molecule has 2 heterocycles. The highest BCUT2D eigenvalue weighted by molar-refractivity contribution is 7.95. The van der Waals surface area contributed by atoms with Gasteiger partial charge in [-0.25, -0.2) is 8.42 Å². The maximum absolute atomic E-state index is 11.6. The van der Waals surface area contributed by atoms with Gasteiger partial charge in [-0.3, -0.25) is 9.29 Å². The summed E-state index contributed by atoms with van der Waals surface area (Å²) in [6, 6.07) is 1.72. The van der Waals surface area contributed by atoms with E-state index in [9.17, 15) is 8.42 Å². The molecule has 5 heteroatoms. The molecule has 1 aliphatic rings. The number of pyridine rings is 1. The number of anilines is 1. The maximum atomic E-state index is 11.6. The Morgan fingerprint density at radius 1 is 1.38 bits per heavy atom. The summed E-state index contributed by atoms with van der Waals surface area (Å²) < 4.78 is 24.6. The van der Waals surface area contributed by atoms with Gasteiger partial charge in [0.15, 0.2) is 0 Å². The summed E-state index contributed by atoms with van der Waals surface area (Å²) in [7, 11) is -1.74. The van der Waals surface area contributed by atoms with Crippen LogP contribution in [0.3, 0.4) is 0 Å². The van der Waals surface area contributed by atoms with Crippen molar-refractivity contribution < 1.29 is 8.42 Å². The van der Waals surface area contributed by atoms with Gasteiger partial charge in [-0.1, -0.05) is 13.8 Å². The van der Waals surface area contributed by atoms with Gasteiger partial charge in [-0.15, -0.1) is 0 Å². The molecule has 0 radical (unpaired) electrons. The van der Waals surface area contributed by atoms with E-state index in [1.807, 2.05) is 13.8 Å². The zero-order valence-corrected chi connectivity index (χ0v) is 10.3. The fourth-order valence-corrected chi connectivity index (χ4v) is 2.69. The van der Waals surface area contributed by atoms with Crippen molar-refractivity contribution in [1.82, 2.24) is 4.98 Å². The van der Waals surface area contributed by atoms with Crippen molar-refractivity contribution in [1.29, 1.82) is 0 Å². The SMILES string of the molecule is CC(C)c1nccc2c1C=CS(=O)(=O)N2C. The van der Waals surface area contributed by atoms with Crippen molar-refractivity contribution in [3.63, 3.8) is 0 Å². The van der Waals surface area contributed by atoms with Crippen molar-refractivity contribution in [2.75, 3.05) is 11.4 Å². The first-order chi connectivity index (χ1) is 7.43. The summed E-state index contributed by atoms with van der Waals surface area (Å²) in [6.45, 7) is 4.08. The van der Waals surface area contributed by atoms with Crippen LogP contribution in [0.1, 0.15) is 31.0 Å². The monoisotopic (exact) mass is 238 g/mol. The van der Waals surface area contributed by atoms with Crippen molar-refractivity contribution >= 4 is 21.8 Å². The summed E-state index contributed by atoms with van der Waals surface area (Å²) in [5.74, 6) is 0.272. The predicted octanol–water partition coefficient (Wildman–Crippen LogP) is 1.96. The molecule has 16 heavy (non-hydrogen) atoms. The van der Waals surface area contributed by atoms with Gasteiger partial charge >= 0.3 is 0 Å². The van der Waals surface area contributed by atoms with Gasteiger partial charge in [0.1, 0.15) is 0 Å². The van der Waals surface area contributed by atoms with Crippen LogP contribution < -0.4 is 4.31 Å². The van der Waals surface area contributed by atoms with Crippen LogP contribution in [0, 0.1) is 0 Å². The maximum Gasteiger partial charge on any atom is 0.257 e. The Morgan fingerprint density at radius 3 is 2.69 bits per heavy atom. The predicted molar refractivity (Wildman–Crippen MR) is 64.7 cm³/mol. The van der Waals surface area contributed by atoms with E-state index < -0.39 is 10.0 Å². The van der Waals surface area contributed by atoms with Crippen molar-refractivity contribution in [2.45, 2.75) is 19.8 Å². The van der Waals surface area contributed by atoms with Crippen LogP contribution in [-0.4, -0.2) is 20.4 Å². The minimum Gasteiger partial charge on any atom is -0.269 e. The smallest absolute Gasteiger partial charge is 0.257 e. The average molecular weight is 238 g/mol. The molecular weight excluding hydrogens is 224 g/mol. The third-order valence-electron chi connectivity index (χ3n) is 2.67. The second kappa shape index (κ2) is 3.59. The van der Waals surface area contributed by atoms with E-state index in [-0.39, 0.29) is 5.92 Å². The standard InChI is InChI=1S/C11H14N2O2S/c1-8(2)11-9-5-7-16(14,15)13(3)10(9)4-6-12-11/h4-8H,1-3H3. The van der Waals surface area contributed by atoms with Gasteiger partial charge in [0, 0.05) is 18.8 Å². The molecular formula is C11H14N2O2S. The first kappa shape index (κ1) is 11.1. The quantitative estimate of drug-likeness (QED) is 0.751. The molecule has 0 atom stereocenters. The third kappa shape index (κ3) is 1.61. The van der Waals surface area contributed by atoms with Gasteiger partial charge in [-0.05, 0) is 18.1 Å². The molecule has 1 aliphatic heterocycles. The lowest BCUT2D eigenvalue weighted by molar-refractivity contribution is 0.602. The lowest BCUT2D eigenvalue weighted by Gasteiger charge is -2.25. The van der Waals surface area contributed by atoms with Crippen LogP contribution in [0.4, 0.5) is 5.69 Å². The number of nitrogens with zero attached hydrogens (tertiary/aromatic N) is 2. The van der Waals surface area contributed by atoms with Gasteiger partial charge in [0.25, 0.3) is 10.0 Å². The summed E-state index contributed by atoms with van der Waals surface area (Å²) in [5, 5.41) is 1.23. The van der Waals surface area contributed by atoms with Crippen LogP contribution >= 0.6 is 0 Å². The summed E-state index contributed by atoms with van der Waals surface area (Å²) in [5.41, 5.74) is 2.52. The highest BCUT2D eigenvalue weighted by atomic mass is 32.2. The van der Waals surface area contributed by atoms with Crippen LogP contribution in [0.2, 0.25) is 0 Å². The number of rotatable bonds is 1. The van der Waals surface area contributed by atoms with E-state index in [0.29, 0.717) is 5.69 Å². The molecule has 86 valence electrons. The van der Waals surface area contributed by atoms with E-state index in [2.05, 4.69) is 4.98 Å². The van der Waals surface area contributed by atoms with Crippen LogP contribution in [-0.2, 0) is 10.0 Å². The zero-order chi connectivity index (χ0) is 11.9. The normalized spacial score (nSPS) is 17.6. The second-order valence-corrected chi connectivity index (χ2v) is 5.95. The number of aromatic nitrogens is 1. The lowest BCUT2D eigenvalue weighted by atomic mass is 10.0. The molecule has 0 aromatic carbocycles. The van der Waals surface area contributed by atoms with Gasteiger partial charge in [-0.2, -0.15) is 0 Å². The third-order valence-corrected chi connectivity index (χ3v) is 4.11. The Morgan fingerprint density at radius 2 is 2.06 bits per heavy atom. The van der Waals surface area contributed by atoms with Crippen LogP contribution in [0.25, 0.3) is 6.08 Å². The Hall–Kier alpha value is -1.36. The molecule has 4 nitrogen and oxygen atoms in total. The minimum absolute atomic E-state index is 0.272. The second-order valence-electron chi connectivity index (χ2n) is 4.10. The van der Waals surface area contributed by atoms with Crippen molar-refractivity contribution in [3.8, 4) is 0 Å². The molecule has 0 aliphatic carbocycles. The largest absolute Gasteiger partial charge is 0.269 e. The number of sulfonamides is 1. The van der Waals surface area contributed by atoms with Gasteiger partial charge in [0.05, 0.1) is 16.8 Å². The molecule has 0 bridgehead atoms. The fraction of sp³-hybridized carbons (Fsp3) is 0.364. The molecule has 0 fully saturated rings. The Labute approximate surface area is 95.7 Å². The molecule has 2 rings (SSSR count). The molecule has 1 aromatic heterocycles. The van der Waals surface area contributed by atoms with Gasteiger partial charge in [0.2, 0.25) is 0 Å². The number of hydrogen-bond donors (Lipinski definition) is 0. The van der Waals surface area contributed by atoms with E-state index >= 15 is 0 Å². The molecule has 0 amide bonds. The molecule has 0 saturated carbocycles. The Bertz CT molecular complexity index is 547. The van der Waals surface area contributed by atoms with Crippen molar-refractivity contribution in [3.05, 3.63) is 28.9 Å². The summed E-state index contributed by atoms with van der Waals surface area (Å²) >= 11 is 0.